The first kappa shape index (κ1) is 23.9. The van der Waals surface area contributed by atoms with Crippen LogP contribution in [0.15, 0.2) is 24.3 Å². The topological polar surface area (TPSA) is 52.6 Å². The van der Waals surface area contributed by atoms with Gasteiger partial charge in [-0.3, -0.25) is 4.48 Å². The second-order valence-electron chi connectivity index (χ2n) is 6.52. The number of ether oxygens (including phenoxy) is 2. The summed E-state index contributed by atoms with van der Waals surface area (Å²) in [6.45, 7) is 12.4. The van der Waals surface area contributed by atoms with Crippen molar-refractivity contribution in [3.63, 3.8) is 0 Å². The molecule has 0 heterocycles. The van der Waals surface area contributed by atoms with E-state index in [2.05, 4.69) is 20.1 Å². The van der Waals surface area contributed by atoms with Crippen molar-refractivity contribution in [2.24, 2.45) is 0 Å². The van der Waals surface area contributed by atoms with Gasteiger partial charge in [0.15, 0.2) is 0 Å². The Kier molecular flexibility index (Phi) is 10.1. The zero-order valence-corrected chi connectivity index (χ0v) is 16.0. The molecule has 6 heteroatoms. The normalized spacial score (nSPS) is 11.2. The lowest BCUT2D eigenvalue weighted by molar-refractivity contribution is -0.974. The average Bonchev–Trinajstić information content (AvgIpc) is 2.36. The Labute approximate surface area is 146 Å². The average molecular weight is 348 g/mol. The summed E-state index contributed by atoms with van der Waals surface area (Å²) in [6, 6.07) is 0. The molecule has 0 radical (unpaired) electrons. The van der Waals surface area contributed by atoms with Crippen molar-refractivity contribution >= 4 is 11.9 Å². The van der Waals surface area contributed by atoms with E-state index >= 15 is 0 Å². The summed E-state index contributed by atoms with van der Waals surface area (Å²) in [7, 11) is 5.47. The van der Waals surface area contributed by atoms with Crippen molar-refractivity contribution in [1.29, 1.82) is 0 Å². The molecule has 0 aliphatic rings. The van der Waals surface area contributed by atoms with E-state index in [0.29, 0.717) is 6.42 Å². The van der Waals surface area contributed by atoms with Crippen LogP contribution in [0.1, 0.15) is 46.5 Å². The highest BCUT2D eigenvalue weighted by atomic mass is 35.5. The smallest absolute Gasteiger partial charge is 0.408 e. The quantitative estimate of drug-likeness (QED) is 0.196. The molecule has 5 nitrogen and oxygen atoms in total. The molecule has 0 rings (SSSR count). The van der Waals surface area contributed by atoms with Gasteiger partial charge >= 0.3 is 17.8 Å². The molecule has 0 unspecified atom stereocenters. The Balaban J connectivity index is 0. The zero-order valence-electron chi connectivity index (χ0n) is 15.2. The summed E-state index contributed by atoms with van der Waals surface area (Å²) in [5.41, 5.74) is 0.527. The summed E-state index contributed by atoms with van der Waals surface area (Å²) >= 11 is 0. The van der Waals surface area contributed by atoms with Crippen molar-refractivity contribution < 1.29 is 36.0 Å². The van der Waals surface area contributed by atoms with E-state index in [-0.39, 0.29) is 28.0 Å². The minimum atomic E-state index is -1.39. The summed E-state index contributed by atoms with van der Waals surface area (Å²) in [5, 5.41) is 0. The largest absolute Gasteiger partial charge is 1.00 e. The van der Waals surface area contributed by atoms with E-state index < -0.39 is 17.8 Å². The summed E-state index contributed by atoms with van der Waals surface area (Å²) in [4.78, 5) is 24.1. The Morgan fingerprint density at radius 2 is 1.35 bits per heavy atom. The van der Waals surface area contributed by atoms with Gasteiger partial charge in [0.1, 0.15) is 0 Å². The Morgan fingerprint density at radius 1 is 0.957 bits per heavy atom. The van der Waals surface area contributed by atoms with E-state index in [9.17, 15) is 9.59 Å². The van der Waals surface area contributed by atoms with Gasteiger partial charge in [-0.25, -0.2) is 9.59 Å². The highest BCUT2D eigenvalue weighted by Gasteiger charge is 2.51. The molecule has 0 saturated carbocycles. The number of nitrogens with zero attached hydrogens (tertiary/aromatic N) is 1. The van der Waals surface area contributed by atoms with Gasteiger partial charge in [-0.05, 0) is 20.3 Å². The van der Waals surface area contributed by atoms with E-state index in [4.69, 9.17) is 9.47 Å². The molecule has 0 aromatic heterocycles. The van der Waals surface area contributed by atoms with Gasteiger partial charge in [0.2, 0.25) is 0 Å². The van der Waals surface area contributed by atoms with Gasteiger partial charge in [-0.1, -0.05) is 32.9 Å². The van der Waals surface area contributed by atoms with Gasteiger partial charge in [0.25, 0.3) is 0 Å². The molecule has 0 fully saturated rings. The number of unbranched alkanes of at least 4 members (excludes halogenated alkanes) is 2. The van der Waals surface area contributed by atoms with E-state index in [1.165, 1.54) is 0 Å². The lowest BCUT2D eigenvalue weighted by Gasteiger charge is -2.42. The summed E-state index contributed by atoms with van der Waals surface area (Å²) < 4.78 is 11.3. The first-order valence-electron chi connectivity index (χ1n) is 7.56. The van der Waals surface area contributed by atoms with Crippen LogP contribution >= 0.6 is 0 Å². The number of esters is 2. The maximum Gasteiger partial charge on any atom is 0.408 e. The Bertz CT molecular complexity index is 424. The van der Waals surface area contributed by atoms with E-state index in [0.717, 1.165) is 19.3 Å². The second kappa shape index (κ2) is 9.73. The van der Waals surface area contributed by atoms with Gasteiger partial charge in [0.05, 0.1) is 27.6 Å². The van der Waals surface area contributed by atoms with Crippen LogP contribution in [0, 0.1) is 0 Å². The first-order chi connectivity index (χ1) is 9.97. The lowest BCUT2D eigenvalue weighted by atomic mass is 10.1. The number of carbonyl (C=O) groups is 2. The minimum absolute atomic E-state index is 0. The predicted molar refractivity (Wildman–Crippen MR) is 86.7 cm³/mol. The van der Waals surface area contributed by atoms with Crippen molar-refractivity contribution in [2.75, 3.05) is 21.1 Å². The number of halogens is 1. The SMILES string of the molecule is C=C(C)C(=O)OC(CCCCC)(OC(=O)C(=C)C)[N+](C)(C)C.[Cl-]. The van der Waals surface area contributed by atoms with Crippen molar-refractivity contribution in [1.82, 2.24) is 0 Å². The third-order valence-electron chi connectivity index (χ3n) is 3.32. The molecule has 0 spiro atoms. The maximum atomic E-state index is 12.0. The van der Waals surface area contributed by atoms with Crippen LogP contribution in [0.25, 0.3) is 0 Å². The van der Waals surface area contributed by atoms with Crippen LogP contribution < -0.4 is 12.4 Å². The van der Waals surface area contributed by atoms with Crippen molar-refractivity contribution in [2.45, 2.75) is 52.4 Å². The third kappa shape index (κ3) is 7.18. The third-order valence-corrected chi connectivity index (χ3v) is 3.32. The lowest BCUT2D eigenvalue weighted by Crippen LogP contribution is -3.00. The van der Waals surface area contributed by atoms with E-state index in [1.54, 1.807) is 13.8 Å². The van der Waals surface area contributed by atoms with Gasteiger partial charge in [-0.2, -0.15) is 0 Å². The highest BCUT2D eigenvalue weighted by molar-refractivity contribution is 5.88. The molecule has 0 aromatic rings. The first-order valence-corrected chi connectivity index (χ1v) is 7.56. The maximum absolute atomic E-state index is 12.0. The molecule has 0 aliphatic carbocycles. The molecule has 0 bridgehead atoms. The molecule has 0 aromatic carbocycles. The number of rotatable bonds is 9. The van der Waals surface area contributed by atoms with Crippen LogP contribution in [0.5, 0.6) is 0 Å². The number of hydrogen-bond acceptors (Lipinski definition) is 4. The van der Waals surface area contributed by atoms with Crippen LogP contribution in [-0.2, 0) is 19.1 Å². The number of carbonyl (C=O) groups excluding carboxylic acids is 2. The number of quaternary nitrogens is 1. The fourth-order valence-electron chi connectivity index (χ4n) is 1.79. The monoisotopic (exact) mass is 347 g/mol. The fourth-order valence-corrected chi connectivity index (χ4v) is 1.79. The Hall–Kier alpha value is -1.33. The van der Waals surface area contributed by atoms with Crippen LogP contribution in [0.2, 0.25) is 0 Å². The minimum Gasteiger partial charge on any atom is -1.00 e. The van der Waals surface area contributed by atoms with Gasteiger partial charge < -0.3 is 21.9 Å². The van der Waals surface area contributed by atoms with Gasteiger partial charge in [-0.15, -0.1) is 0 Å². The van der Waals surface area contributed by atoms with E-state index in [1.807, 2.05) is 21.1 Å². The van der Waals surface area contributed by atoms with Crippen LogP contribution in [0.4, 0.5) is 0 Å². The summed E-state index contributed by atoms with van der Waals surface area (Å²) in [6.07, 6.45) is 3.16. The molecule has 0 saturated heterocycles. The molecule has 0 N–H and O–H groups in total. The standard InChI is InChI=1S/C17H30NO4.ClH/c1-9-10-11-12-17(18(6,7)8,21-15(19)13(2)3)22-16(20)14(4)5;/h2,4,9-12H2,1,3,5-8H3;1H/q+1;/p-1. The van der Waals surface area contributed by atoms with Gasteiger partial charge in [0, 0.05) is 11.1 Å². The fraction of sp³-hybridized carbons (Fsp3) is 0.647. The molecule has 0 amide bonds. The predicted octanol–water partition coefficient (Wildman–Crippen LogP) is 0.169. The van der Waals surface area contributed by atoms with Crippen molar-refractivity contribution in [3.8, 4) is 0 Å². The van der Waals surface area contributed by atoms with Crippen LogP contribution in [0.3, 0.4) is 0 Å². The zero-order chi connectivity index (χ0) is 17.6. The molecular formula is C17H30ClNO4. The Morgan fingerprint density at radius 3 is 1.61 bits per heavy atom. The summed E-state index contributed by atoms with van der Waals surface area (Å²) in [5.74, 6) is -2.53. The molecule has 134 valence electrons. The molecule has 0 aliphatic heterocycles. The van der Waals surface area contributed by atoms with Crippen LogP contribution in [-0.4, -0.2) is 43.5 Å². The highest BCUT2D eigenvalue weighted by Crippen LogP contribution is 2.31. The van der Waals surface area contributed by atoms with Crippen molar-refractivity contribution in [3.05, 3.63) is 24.3 Å². The number of hydrogen-bond donors (Lipinski definition) is 0. The molecular weight excluding hydrogens is 318 g/mol. The molecule has 0 atom stereocenters. The second-order valence-corrected chi connectivity index (χ2v) is 6.52. The molecule has 23 heavy (non-hydrogen) atoms.